The number of carbonyl (C=O) groups is 2. The molecular formula is C21H32N2O7. The summed E-state index contributed by atoms with van der Waals surface area (Å²) in [6.45, 7) is 5.48. The molecule has 2 rings (SSSR count). The molecular weight excluding hydrogens is 392 g/mol. The van der Waals surface area contributed by atoms with Crippen LogP contribution >= 0.6 is 0 Å². The topological polar surface area (TPSA) is 109 Å². The van der Waals surface area contributed by atoms with Gasteiger partial charge in [0.25, 0.3) is 0 Å². The van der Waals surface area contributed by atoms with Crippen LogP contribution in [0.4, 0.5) is 4.79 Å². The van der Waals surface area contributed by atoms with Crippen molar-refractivity contribution in [1.29, 1.82) is 0 Å². The number of nitrogens with zero attached hydrogens (tertiary/aromatic N) is 2. The van der Waals surface area contributed by atoms with E-state index in [1.54, 1.807) is 20.8 Å². The van der Waals surface area contributed by atoms with E-state index in [1.165, 1.54) is 16.9 Å². The number of benzene rings is 1. The maximum Gasteiger partial charge on any atom is 0.410 e. The second-order valence-corrected chi connectivity index (χ2v) is 8.11. The highest BCUT2D eigenvalue weighted by Gasteiger charge is 2.41. The number of methoxy groups -OCH3 is 1. The lowest BCUT2D eigenvalue weighted by molar-refractivity contribution is -0.164. The molecule has 168 valence electrons. The Morgan fingerprint density at radius 1 is 1.30 bits per heavy atom. The van der Waals surface area contributed by atoms with Gasteiger partial charge in [0.2, 0.25) is 0 Å². The molecule has 1 fully saturated rings. The molecule has 3 atom stereocenters. The van der Waals surface area contributed by atoms with Crippen molar-refractivity contribution >= 4 is 12.1 Å². The third-order valence-corrected chi connectivity index (χ3v) is 4.73. The highest BCUT2D eigenvalue weighted by Crippen LogP contribution is 2.22. The molecule has 1 amide bonds. The molecule has 0 bridgehead atoms. The van der Waals surface area contributed by atoms with Crippen LogP contribution < -0.4 is 0 Å². The average Bonchev–Trinajstić information content (AvgIpc) is 2.72. The van der Waals surface area contributed by atoms with Gasteiger partial charge in [0, 0.05) is 13.1 Å². The second kappa shape index (κ2) is 10.7. The zero-order chi connectivity index (χ0) is 22.3. The van der Waals surface area contributed by atoms with E-state index in [4.69, 9.17) is 14.2 Å². The van der Waals surface area contributed by atoms with Gasteiger partial charge in [-0.25, -0.2) is 4.79 Å². The highest BCUT2D eigenvalue weighted by atomic mass is 16.6. The number of morpholine rings is 1. The number of hydrogen-bond donors (Lipinski definition) is 2. The van der Waals surface area contributed by atoms with Gasteiger partial charge in [-0.3, -0.25) is 14.6 Å². The van der Waals surface area contributed by atoms with Crippen molar-refractivity contribution in [3.63, 3.8) is 0 Å². The number of ether oxygens (including phenoxy) is 3. The molecule has 9 heteroatoms. The lowest BCUT2D eigenvalue weighted by Crippen LogP contribution is -2.62. The number of aliphatic hydroxyl groups excluding tert-OH is 2. The van der Waals surface area contributed by atoms with E-state index in [9.17, 15) is 19.8 Å². The minimum absolute atomic E-state index is 0.0605. The van der Waals surface area contributed by atoms with E-state index in [2.05, 4.69) is 0 Å². The summed E-state index contributed by atoms with van der Waals surface area (Å²) in [5, 5.41) is 21.1. The van der Waals surface area contributed by atoms with Crippen LogP contribution in [0.5, 0.6) is 0 Å². The minimum atomic E-state index is -1.31. The fraction of sp³-hybridized carbons (Fsp3) is 0.619. The van der Waals surface area contributed by atoms with Crippen molar-refractivity contribution in [2.24, 2.45) is 0 Å². The predicted molar refractivity (Wildman–Crippen MR) is 108 cm³/mol. The van der Waals surface area contributed by atoms with Crippen LogP contribution in [0.15, 0.2) is 30.3 Å². The van der Waals surface area contributed by atoms with E-state index >= 15 is 0 Å². The predicted octanol–water partition coefficient (Wildman–Crippen LogP) is 0.977. The fourth-order valence-corrected chi connectivity index (χ4v) is 3.27. The van der Waals surface area contributed by atoms with Gasteiger partial charge in [-0.05, 0) is 26.3 Å². The first kappa shape index (κ1) is 24.1. The molecule has 1 aromatic carbocycles. The van der Waals surface area contributed by atoms with Gasteiger partial charge in [0.1, 0.15) is 17.9 Å². The SMILES string of the molecule is COC(=O)[C@@H](CO)N(Cc1ccccc1)C(O)[C@H]1COCCN1C(=O)OC(C)(C)C. The Kier molecular flexibility index (Phi) is 8.60. The summed E-state index contributed by atoms with van der Waals surface area (Å²) in [5.41, 5.74) is 0.119. The number of hydrogen-bond acceptors (Lipinski definition) is 8. The van der Waals surface area contributed by atoms with Crippen LogP contribution in [0.2, 0.25) is 0 Å². The first-order valence-electron chi connectivity index (χ1n) is 9.91. The van der Waals surface area contributed by atoms with Gasteiger partial charge >= 0.3 is 12.1 Å². The standard InChI is InChI=1S/C21H32N2O7/c1-21(2,3)30-20(27)22-10-11-29-14-17(22)18(25)23(16(13-24)19(26)28-4)12-15-8-6-5-7-9-15/h5-9,16-18,24-25H,10-14H2,1-4H3/t16-,17-,18?/m1/s1. The van der Waals surface area contributed by atoms with Crippen molar-refractivity contribution in [1.82, 2.24) is 9.80 Å². The van der Waals surface area contributed by atoms with Crippen LogP contribution in [0.3, 0.4) is 0 Å². The Balaban J connectivity index is 2.32. The molecule has 1 saturated heterocycles. The van der Waals surface area contributed by atoms with E-state index in [1.807, 2.05) is 30.3 Å². The van der Waals surface area contributed by atoms with Crippen LogP contribution in [0.25, 0.3) is 0 Å². The Hall–Kier alpha value is -2.20. The van der Waals surface area contributed by atoms with Crippen molar-refractivity contribution in [2.75, 3.05) is 33.5 Å². The first-order chi connectivity index (χ1) is 14.2. The molecule has 0 aromatic heterocycles. The quantitative estimate of drug-likeness (QED) is 0.493. The molecule has 0 radical (unpaired) electrons. The van der Waals surface area contributed by atoms with Gasteiger partial charge in [-0.1, -0.05) is 30.3 Å². The van der Waals surface area contributed by atoms with Crippen LogP contribution in [-0.4, -0.2) is 89.5 Å². The van der Waals surface area contributed by atoms with Crippen LogP contribution in [0.1, 0.15) is 26.3 Å². The van der Waals surface area contributed by atoms with Crippen molar-refractivity contribution < 1.29 is 34.0 Å². The summed E-state index contributed by atoms with van der Waals surface area (Å²) in [7, 11) is 1.22. The maximum atomic E-state index is 12.7. The van der Waals surface area contributed by atoms with Gasteiger partial charge in [0.15, 0.2) is 0 Å². The fourth-order valence-electron chi connectivity index (χ4n) is 3.27. The van der Waals surface area contributed by atoms with E-state index in [0.29, 0.717) is 6.61 Å². The summed E-state index contributed by atoms with van der Waals surface area (Å²) in [4.78, 5) is 27.8. The van der Waals surface area contributed by atoms with Crippen LogP contribution in [-0.2, 0) is 25.5 Å². The lowest BCUT2D eigenvalue weighted by Gasteiger charge is -2.43. The van der Waals surface area contributed by atoms with Crippen LogP contribution in [0, 0.1) is 0 Å². The maximum absolute atomic E-state index is 12.7. The van der Waals surface area contributed by atoms with E-state index < -0.39 is 42.6 Å². The number of carbonyl (C=O) groups excluding carboxylic acids is 2. The van der Waals surface area contributed by atoms with Gasteiger partial charge in [-0.15, -0.1) is 0 Å². The Morgan fingerprint density at radius 3 is 2.53 bits per heavy atom. The first-order valence-corrected chi connectivity index (χ1v) is 9.91. The van der Waals surface area contributed by atoms with Gasteiger partial charge in [-0.2, -0.15) is 0 Å². The summed E-state index contributed by atoms with van der Waals surface area (Å²) in [6, 6.07) is 7.30. The number of esters is 1. The smallest absolute Gasteiger partial charge is 0.410 e. The molecule has 2 N–H and O–H groups in total. The lowest BCUT2D eigenvalue weighted by atomic mass is 10.1. The van der Waals surface area contributed by atoms with Crippen molar-refractivity contribution in [3.8, 4) is 0 Å². The third kappa shape index (κ3) is 6.40. The number of aliphatic hydroxyl groups is 2. The average molecular weight is 424 g/mol. The largest absolute Gasteiger partial charge is 0.468 e. The molecule has 1 heterocycles. The van der Waals surface area contributed by atoms with Gasteiger partial charge < -0.3 is 24.4 Å². The Labute approximate surface area is 177 Å². The summed E-state index contributed by atoms with van der Waals surface area (Å²) in [6.07, 6.45) is -1.89. The second-order valence-electron chi connectivity index (χ2n) is 8.11. The molecule has 1 aromatic rings. The highest BCUT2D eigenvalue weighted by molar-refractivity contribution is 5.76. The third-order valence-electron chi connectivity index (χ3n) is 4.73. The Bertz CT molecular complexity index is 692. The molecule has 0 aliphatic carbocycles. The monoisotopic (exact) mass is 424 g/mol. The minimum Gasteiger partial charge on any atom is -0.468 e. The van der Waals surface area contributed by atoms with Crippen molar-refractivity contribution in [3.05, 3.63) is 35.9 Å². The number of amides is 1. The summed E-state index contributed by atoms with van der Waals surface area (Å²) >= 11 is 0. The molecule has 0 spiro atoms. The Morgan fingerprint density at radius 2 is 1.97 bits per heavy atom. The van der Waals surface area contributed by atoms with Crippen molar-refractivity contribution in [2.45, 2.75) is 51.2 Å². The summed E-state index contributed by atoms with van der Waals surface area (Å²) < 4.78 is 15.8. The molecule has 0 saturated carbocycles. The molecule has 30 heavy (non-hydrogen) atoms. The zero-order valence-electron chi connectivity index (χ0n) is 18.0. The van der Waals surface area contributed by atoms with E-state index in [0.717, 1.165) is 5.56 Å². The number of rotatable bonds is 7. The normalized spacial score (nSPS) is 19.3. The summed E-state index contributed by atoms with van der Waals surface area (Å²) in [5.74, 6) is -0.687. The molecule has 9 nitrogen and oxygen atoms in total. The van der Waals surface area contributed by atoms with E-state index in [-0.39, 0.29) is 19.7 Å². The molecule has 1 unspecified atom stereocenters. The molecule has 1 aliphatic heterocycles. The van der Waals surface area contributed by atoms with Gasteiger partial charge in [0.05, 0.1) is 33.0 Å². The zero-order valence-corrected chi connectivity index (χ0v) is 18.0. The molecule has 1 aliphatic rings.